The number of pyridine rings is 1. The van der Waals surface area contributed by atoms with Gasteiger partial charge in [0.1, 0.15) is 11.9 Å². The van der Waals surface area contributed by atoms with Crippen molar-refractivity contribution < 1.29 is 14.7 Å². The number of hydrogen-bond acceptors (Lipinski definition) is 5. The minimum Gasteiger partial charge on any atom is -0.465 e. The molecule has 8 nitrogen and oxygen atoms in total. The molecule has 2 aliphatic heterocycles. The molecule has 1 aromatic heterocycles. The highest BCUT2D eigenvalue weighted by molar-refractivity contribution is 6.04. The van der Waals surface area contributed by atoms with Gasteiger partial charge in [-0.3, -0.25) is 4.79 Å². The van der Waals surface area contributed by atoms with Gasteiger partial charge in [0, 0.05) is 26.2 Å². The van der Waals surface area contributed by atoms with E-state index >= 15 is 0 Å². The van der Waals surface area contributed by atoms with Crippen molar-refractivity contribution >= 4 is 29.2 Å². The van der Waals surface area contributed by atoms with Gasteiger partial charge in [-0.05, 0) is 12.8 Å². The summed E-state index contributed by atoms with van der Waals surface area (Å²) in [6.45, 7) is 6.81. The van der Waals surface area contributed by atoms with Crippen LogP contribution in [0.25, 0.3) is 0 Å². The lowest BCUT2D eigenvalue weighted by molar-refractivity contribution is -0.118. The van der Waals surface area contributed by atoms with Crippen LogP contribution in [0.2, 0.25) is 0 Å². The number of hydrogen-bond donors (Lipinski definition) is 3. The van der Waals surface area contributed by atoms with E-state index in [1.54, 1.807) is 0 Å². The fourth-order valence-electron chi connectivity index (χ4n) is 3.37. The number of aromatic nitrogens is 1. The number of carboxylic acid groups (broad SMARTS) is 1. The number of fused-ring (bicyclic) bond motifs is 1. The number of carbonyl (C=O) groups is 2. The van der Waals surface area contributed by atoms with Crippen LogP contribution in [0.15, 0.2) is 6.07 Å². The number of anilines is 3. The molecule has 0 saturated carbocycles. The Morgan fingerprint density at radius 1 is 1.46 bits per heavy atom. The van der Waals surface area contributed by atoms with Crippen molar-refractivity contribution in [1.82, 2.24) is 9.88 Å². The molecule has 0 aromatic carbocycles. The van der Waals surface area contributed by atoms with Gasteiger partial charge in [0.15, 0.2) is 0 Å². The molecule has 3 N–H and O–H groups in total. The lowest BCUT2D eigenvalue weighted by atomic mass is 9.98. The average molecular weight is 333 g/mol. The molecule has 1 aromatic rings. The van der Waals surface area contributed by atoms with Crippen molar-refractivity contribution in [2.45, 2.75) is 32.9 Å². The molecule has 0 spiro atoms. The van der Waals surface area contributed by atoms with Crippen molar-refractivity contribution in [3.63, 3.8) is 0 Å². The maximum atomic E-state index is 12.3. The van der Waals surface area contributed by atoms with E-state index in [0.29, 0.717) is 18.9 Å². The zero-order chi connectivity index (χ0) is 17.6. The highest BCUT2D eigenvalue weighted by atomic mass is 16.4. The molecule has 1 fully saturated rings. The Labute approximate surface area is 140 Å². The zero-order valence-corrected chi connectivity index (χ0v) is 14.3. The Kier molecular flexibility index (Phi) is 3.98. The van der Waals surface area contributed by atoms with Crippen molar-refractivity contribution in [2.75, 3.05) is 35.7 Å². The van der Waals surface area contributed by atoms with Crippen molar-refractivity contribution in [1.29, 1.82) is 0 Å². The molecule has 0 bridgehead atoms. The number of aryl methyl sites for hydroxylation is 1. The standard InChI is InChI=1S/C16H23N5O3/c1-8(2)14-15(22)19-13-9(3)17-12(5-11(13)20(14)4)18-10-6-21(7-10)16(23)24/h5,8,10,14H,6-7H2,1-4H3,(H,17,18)(H,19,22)(H,23,24)/t14-/m0/s1. The molecule has 0 radical (unpaired) electrons. The summed E-state index contributed by atoms with van der Waals surface area (Å²) in [5, 5.41) is 15.1. The molecule has 2 aliphatic rings. The predicted octanol–water partition coefficient (Wildman–Crippen LogP) is 1.58. The summed E-state index contributed by atoms with van der Waals surface area (Å²) in [7, 11) is 1.92. The fraction of sp³-hybridized carbons (Fsp3) is 0.562. The minimum atomic E-state index is -0.898. The molecule has 0 aliphatic carbocycles. The highest BCUT2D eigenvalue weighted by Gasteiger charge is 2.35. The Morgan fingerprint density at radius 3 is 2.71 bits per heavy atom. The Morgan fingerprint density at radius 2 is 2.12 bits per heavy atom. The van der Waals surface area contributed by atoms with Gasteiger partial charge in [-0.25, -0.2) is 9.78 Å². The van der Waals surface area contributed by atoms with E-state index in [0.717, 1.165) is 17.1 Å². The third-order valence-electron chi connectivity index (χ3n) is 4.63. The molecule has 8 heteroatoms. The van der Waals surface area contributed by atoms with Gasteiger partial charge in [0.25, 0.3) is 0 Å². The van der Waals surface area contributed by atoms with E-state index in [1.165, 1.54) is 4.90 Å². The summed E-state index contributed by atoms with van der Waals surface area (Å²) in [6.07, 6.45) is -0.898. The molecule has 130 valence electrons. The molecular weight excluding hydrogens is 310 g/mol. The van der Waals surface area contributed by atoms with Crippen LogP contribution in [0.5, 0.6) is 0 Å². The summed E-state index contributed by atoms with van der Waals surface area (Å²) < 4.78 is 0. The Hall–Kier alpha value is -2.51. The Balaban J connectivity index is 1.82. The van der Waals surface area contributed by atoms with Crippen LogP contribution in [-0.4, -0.2) is 59.2 Å². The van der Waals surface area contributed by atoms with Gasteiger partial charge in [-0.15, -0.1) is 0 Å². The van der Waals surface area contributed by atoms with E-state index in [2.05, 4.69) is 15.6 Å². The molecule has 3 rings (SSSR count). The van der Waals surface area contributed by atoms with Crippen LogP contribution in [0.4, 0.5) is 22.0 Å². The quantitative estimate of drug-likeness (QED) is 0.777. The first-order chi connectivity index (χ1) is 11.3. The number of amides is 2. The van der Waals surface area contributed by atoms with Crippen molar-refractivity contribution in [2.24, 2.45) is 5.92 Å². The maximum Gasteiger partial charge on any atom is 0.407 e. The number of nitrogens with zero attached hydrogens (tertiary/aromatic N) is 3. The van der Waals surface area contributed by atoms with Crippen LogP contribution >= 0.6 is 0 Å². The van der Waals surface area contributed by atoms with Gasteiger partial charge >= 0.3 is 6.09 Å². The molecule has 0 unspecified atom stereocenters. The van der Waals surface area contributed by atoms with Crippen LogP contribution in [0.1, 0.15) is 19.5 Å². The monoisotopic (exact) mass is 333 g/mol. The molecule has 24 heavy (non-hydrogen) atoms. The van der Waals surface area contributed by atoms with E-state index in [1.807, 2.05) is 38.8 Å². The molecule has 1 saturated heterocycles. The van der Waals surface area contributed by atoms with Crippen molar-refractivity contribution in [3.05, 3.63) is 11.8 Å². The number of nitrogens with one attached hydrogen (secondary N) is 2. The van der Waals surface area contributed by atoms with E-state index in [-0.39, 0.29) is 23.9 Å². The first-order valence-electron chi connectivity index (χ1n) is 8.07. The number of carbonyl (C=O) groups excluding carboxylic acids is 1. The van der Waals surface area contributed by atoms with Crippen molar-refractivity contribution in [3.8, 4) is 0 Å². The first-order valence-corrected chi connectivity index (χ1v) is 8.07. The SMILES string of the molecule is Cc1nc(NC2CN(C(=O)O)C2)cc2c1NC(=O)[C@H](C(C)C)N2C. The third-order valence-corrected chi connectivity index (χ3v) is 4.63. The lowest BCUT2D eigenvalue weighted by Crippen LogP contribution is -2.56. The van der Waals surface area contributed by atoms with Crippen LogP contribution < -0.4 is 15.5 Å². The Bertz CT molecular complexity index is 685. The summed E-state index contributed by atoms with van der Waals surface area (Å²) >= 11 is 0. The minimum absolute atomic E-state index is 0.0123. The predicted molar refractivity (Wildman–Crippen MR) is 91.6 cm³/mol. The normalized spacial score (nSPS) is 20.5. The van der Waals surface area contributed by atoms with E-state index in [4.69, 9.17) is 5.11 Å². The van der Waals surface area contributed by atoms with E-state index < -0.39 is 6.09 Å². The maximum absolute atomic E-state index is 12.3. The molecular formula is C16H23N5O3. The zero-order valence-electron chi connectivity index (χ0n) is 14.3. The summed E-state index contributed by atoms with van der Waals surface area (Å²) in [6, 6.07) is 1.76. The molecule has 2 amide bonds. The number of rotatable bonds is 3. The highest BCUT2D eigenvalue weighted by Crippen LogP contribution is 2.36. The van der Waals surface area contributed by atoms with Gasteiger partial charge < -0.3 is 25.5 Å². The van der Waals surface area contributed by atoms with E-state index in [9.17, 15) is 9.59 Å². The van der Waals surface area contributed by atoms with Gasteiger partial charge in [0.2, 0.25) is 5.91 Å². The molecule has 1 atom stereocenters. The second kappa shape index (κ2) is 5.85. The summed E-state index contributed by atoms with van der Waals surface area (Å²) in [4.78, 5) is 31.0. The smallest absolute Gasteiger partial charge is 0.407 e. The summed E-state index contributed by atoms with van der Waals surface area (Å²) in [5.41, 5.74) is 2.41. The largest absolute Gasteiger partial charge is 0.465 e. The van der Waals surface area contributed by atoms with Gasteiger partial charge in [-0.1, -0.05) is 13.8 Å². The first kappa shape index (κ1) is 16.4. The third kappa shape index (κ3) is 2.72. The van der Waals surface area contributed by atoms with Gasteiger partial charge in [0.05, 0.1) is 23.1 Å². The lowest BCUT2D eigenvalue weighted by Gasteiger charge is -2.39. The second-order valence-electron chi connectivity index (χ2n) is 6.80. The number of likely N-dealkylation sites (tertiary alicyclic amines) is 1. The fourth-order valence-corrected chi connectivity index (χ4v) is 3.37. The molecule has 3 heterocycles. The van der Waals surface area contributed by atoms with Gasteiger partial charge in [-0.2, -0.15) is 0 Å². The summed E-state index contributed by atoms with van der Waals surface area (Å²) in [5.74, 6) is 0.872. The van der Waals surface area contributed by atoms with Crippen LogP contribution in [0.3, 0.4) is 0 Å². The van der Waals surface area contributed by atoms with Crippen LogP contribution in [-0.2, 0) is 4.79 Å². The van der Waals surface area contributed by atoms with Crippen LogP contribution in [0, 0.1) is 12.8 Å². The second-order valence-corrected chi connectivity index (χ2v) is 6.80. The average Bonchev–Trinajstić information content (AvgIpc) is 2.43. The topological polar surface area (TPSA) is 97.8 Å². The number of likely N-dealkylation sites (N-methyl/N-ethyl adjacent to an activating group) is 1.